The first-order valence-corrected chi connectivity index (χ1v) is 13.1. The van der Waals surface area contributed by atoms with E-state index >= 15 is 0 Å². The highest BCUT2D eigenvalue weighted by Crippen LogP contribution is 2.39. The third-order valence-electron chi connectivity index (χ3n) is 6.51. The van der Waals surface area contributed by atoms with E-state index in [4.69, 9.17) is 15.6 Å². The fourth-order valence-corrected chi connectivity index (χ4v) is 5.23. The van der Waals surface area contributed by atoms with Gasteiger partial charge in [0, 0.05) is 35.8 Å². The monoisotopic (exact) mass is 477 g/mol. The Hall–Kier alpha value is -2.77. The van der Waals surface area contributed by atoms with Crippen LogP contribution in [0.4, 0.5) is 5.69 Å². The summed E-state index contributed by atoms with van der Waals surface area (Å²) in [4.78, 5) is 8.36. The van der Waals surface area contributed by atoms with Crippen molar-refractivity contribution in [2.75, 3.05) is 26.5 Å². The summed E-state index contributed by atoms with van der Waals surface area (Å²) in [7, 11) is 1.63. The quantitative estimate of drug-likeness (QED) is 0.370. The van der Waals surface area contributed by atoms with Gasteiger partial charge in [0.15, 0.2) is 0 Å². The van der Waals surface area contributed by atoms with E-state index in [0.29, 0.717) is 23.1 Å². The zero-order valence-corrected chi connectivity index (χ0v) is 21.3. The van der Waals surface area contributed by atoms with Crippen molar-refractivity contribution in [2.45, 2.75) is 44.0 Å². The molecule has 0 aromatic heterocycles. The molecular weight excluding hydrogens is 442 g/mol. The molecule has 7 heteroatoms. The lowest BCUT2D eigenvalue weighted by atomic mass is 10.1. The number of hydrazone groups is 1. The summed E-state index contributed by atoms with van der Waals surface area (Å²) in [6, 6.07) is 14.7. The molecule has 2 aliphatic rings. The highest BCUT2D eigenvalue weighted by atomic mass is 32.2. The number of guanidine groups is 1. The largest absolute Gasteiger partial charge is 0.494 e. The number of hydrogen-bond donors (Lipinski definition) is 1. The SMILES string of the molecule is C=C1c2cccc(OC)c2N=C(N)N1/N=C(\C)CN(Cc1ccc(SC)cc1)CC1CCCC1. The topological polar surface area (TPSA) is 66.5 Å². The van der Waals surface area contributed by atoms with Crippen LogP contribution in [-0.2, 0) is 6.54 Å². The molecule has 0 bridgehead atoms. The van der Waals surface area contributed by atoms with Crippen molar-refractivity contribution in [1.82, 2.24) is 9.91 Å². The molecule has 0 radical (unpaired) electrons. The summed E-state index contributed by atoms with van der Waals surface area (Å²) in [5.41, 5.74) is 10.9. The van der Waals surface area contributed by atoms with E-state index in [-0.39, 0.29) is 0 Å². The number of para-hydroxylation sites is 1. The van der Waals surface area contributed by atoms with Gasteiger partial charge in [0.25, 0.3) is 0 Å². The van der Waals surface area contributed by atoms with Crippen LogP contribution in [0.5, 0.6) is 5.75 Å². The van der Waals surface area contributed by atoms with Crippen LogP contribution in [-0.4, -0.2) is 48.0 Å². The highest BCUT2D eigenvalue weighted by Gasteiger charge is 2.25. The molecule has 0 amide bonds. The number of benzene rings is 2. The van der Waals surface area contributed by atoms with Crippen molar-refractivity contribution >= 4 is 34.8 Å². The van der Waals surface area contributed by atoms with E-state index in [0.717, 1.165) is 36.8 Å². The minimum Gasteiger partial charge on any atom is -0.494 e. The molecule has 34 heavy (non-hydrogen) atoms. The normalized spacial score (nSPS) is 16.7. The fraction of sp³-hybridized carbons (Fsp3) is 0.407. The number of ether oxygens (including phenoxy) is 1. The number of fused-ring (bicyclic) bond motifs is 1. The summed E-state index contributed by atoms with van der Waals surface area (Å²) in [5, 5.41) is 6.50. The Kier molecular flexibility index (Phi) is 7.95. The second-order valence-corrected chi connectivity index (χ2v) is 9.97. The van der Waals surface area contributed by atoms with Gasteiger partial charge in [0.1, 0.15) is 11.4 Å². The van der Waals surface area contributed by atoms with Crippen LogP contribution in [0, 0.1) is 5.92 Å². The lowest BCUT2D eigenvalue weighted by Crippen LogP contribution is -2.37. The van der Waals surface area contributed by atoms with Crippen molar-refractivity contribution in [3.05, 3.63) is 60.2 Å². The standard InChI is InChI=1S/C27H35N5OS/c1-19(30-32-20(2)24-10-7-11-25(33-3)26(24)29-27(32)28)16-31(17-21-8-5-6-9-21)18-22-12-14-23(34-4)15-13-22/h7,10-15,21H,2,5-6,8-9,16-18H2,1,3-4H3,(H2,28,29)/b30-19+. The van der Waals surface area contributed by atoms with Gasteiger partial charge in [0.05, 0.1) is 12.8 Å². The van der Waals surface area contributed by atoms with Crippen LogP contribution in [0.2, 0.25) is 0 Å². The van der Waals surface area contributed by atoms with E-state index in [1.807, 2.05) is 18.2 Å². The van der Waals surface area contributed by atoms with Crippen molar-refractivity contribution in [1.29, 1.82) is 0 Å². The van der Waals surface area contributed by atoms with Gasteiger partial charge in [-0.25, -0.2) is 10.0 Å². The predicted octanol–water partition coefficient (Wildman–Crippen LogP) is 5.72. The summed E-state index contributed by atoms with van der Waals surface area (Å²) < 4.78 is 5.45. The van der Waals surface area contributed by atoms with E-state index in [9.17, 15) is 0 Å². The molecule has 1 aliphatic carbocycles. The predicted molar refractivity (Wildman–Crippen MR) is 144 cm³/mol. The minimum atomic E-state index is 0.302. The number of rotatable bonds is 9. The molecule has 1 heterocycles. The number of nitrogens with two attached hydrogens (primary N) is 1. The third kappa shape index (κ3) is 5.65. The van der Waals surface area contributed by atoms with Gasteiger partial charge in [-0.3, -0.25) is 4.90 Å². The van der Waals surface area contributed by atoms with E-state index < -0.39 is 0 Å². The molecule has 180 valence electrons. The number of nitrogens with zero attached hydrogens (tertiary/aromatic N) is 4. The Morgan fingerprint density at radius 1 is 1.24 bits per heavy atom. The van der Waals surface area contributed by atoms with Crippen LogP contribution in [0.1, 0.15) is 43.7 Å². The number of aliphatic imine (C=N–C) groups is 1. The van der Waals surface area contributed by atoms with E-state index in [1.165, 1.54) is 36.1 Å². The van der Waals surface area contributed by atoms with Gasteiger partial charge in [-0.15, -0.1) is 11.8 Å². The number of methoxy groups -OCH3 is 1. The molecule has 0 unspecified atom stereocenters. The molecule has 1 saturated carbocycles. The van der Waals surface area contributed by atoms with Gasteiger partial charge < -0.3 is 10.5 Å². The number of thioether (sulfide) groups is 1. The molecule has 1 aliphatic heterocycles. The maximum absolute atomic E-state index is 6.31. The Morgan fingerprint density at radius 3 is 2.65 bits per heavy atom. The molecular formula is C27H35N5OS. The van der Waals surface area contributed by atoms with Crippen LogP contribution < -0.4 is 10.5 Å². The highest BCUT2D eigenvalue weighted by molar-refractivity contribution is 7.98. The smallest absolute Gasteiger partial charge is 0.222 e. The lowest BCUT2D eigenvalue weighted by molar-refractivity contribution is 0.252. The Morgan fingerprint density at radius 2 is 1.97 bits per heavy atom. The molecule has 4 rings (SSSR count). The Labute approximate surface area is 207 Å². The Balaban J connectivity index is 1.52. The zero-order chi connectivity index (χ0) is 24.1. The summed E-state index contributed by atoms with van der Waals surface area (Å²) in [6.07, 6.45) is 7.44. The lowest BCUT2D eigenvalue weighted by Gasteiger charge is -2.29. The van der Waals surface area contributed by atoms with Crippen molar-refractivity contribution < 1.29 is 4.74 Å². The molecule has 2 aromatic carbocycles. The maximum atomic E-state index is 6.31. The first kappa shape index (κ1) is 24.4. The first-order valence-electron chi connectivity index (χ1n) is 11.9. The van der Waals surface area contributed by atoms with Crippen LogP contribution >= 0.6 is 11.8 Å². The van der Waals surface area contributed by atoms with Crippen molar-refractivity contribution in [3.8, 4) is 5.75 Å². The third-order valence-corrected chi connectivity index (χ3v) is 7.25. The van der Waals surface area contributed by atoms with Gasteiger partial charge in [-0.1, -0.05) is 43.7 Å². The molecule has 2 N–H and O–H groups in total. The van der Waals surface area contributed by atoms with E-state index in [1.54, 1.807) is 23.9 Å². The van der Waals surface area contributed by atoms with Crippen molar-refractivity contribution in [3.63, 3.8) is 0 Å². The minimum absolute atomic E-state index is 0.302. The van der Waals surface area contributed by atoms with Gasteiger partial charge in [-0.2, -0.15) is 5.10 Å². The first-order chi connectivity index (χ1) is 16.5. The fourth-order valence-electron chi connectivity index (χ4n) is 4.82. The van der Waals surface area contributed by atoms with Crippen LogP contribution in [0.3, 0.4) is 0 Å². The van der Waals surface area contributed by atoms with Gasteiger partial charge in [0.2, 0.25) is 5.96 Å². The average Bonchev–Trinajstić information content (AvgIpc) is 3.35. The van der Waals surface area contributed by atoms with Crippen LogP contribution in [0.15, 0.2) is 64.0 Å². The zero-order valence-electron chi connectivity index (χ0n) is 20.5. The molecule has 1 fully saturated rings. The second-order valence-electron chi connectivity index (χ2n) is 9.09. The summed E-state index contributed by atoms with van der Waals surface area (Å²) >= 11 is 1.77. The van der Waals surface area contributed by atoms with Crippen molar-refractivity contribution in [2.24, 2.45) is 21.7 Å². The van der Waals surface area contributed by atoms with Gasteiger partial charge in [-0.05, 0) is 55.7 Å². The summed E-state index contributed by atoms with van der Waals surface area (Å²) in [6.45, 7) is 9.06. The Bertz CT molecular complexity index is 1070. The molecule has 0 atom stereocenters. The van der Waals surface area contributed by atoms with Crippen LogP contribution in [0.25, 0.3) is 5.70 Å². The molecule has 6 nitrogen and oxygen atoms in total. The summed E-state index contributed by atoms with van der Waals surface area (Å²) in [5.74, 6) is 1.74. The maximum Gasteiger partial charge on any atom is 0.222 e. The van der Waals surface area contributed by atoms with Gasteiger partial charge >= 0.3 is 0 Å². The molecule has 2 aromatic rings. The molecule has 0 spiro atoms. The molecule has 0 saturated heterocycles. The van der Waals surface area contributed by atoms with E-state index in [2.05, 4.69) is 53.9 Å². The second kappa shape index (κ2) is 11.1. The number of hydrogen-bond acceptors (Lipinski definition) is 7. The average molecular weight is 478 g/mol.